The molecule has 0 amide bonds. The van der Waals surface area contributed by atoms with E-state index < -0.39 is 32.4 Å². The summed E-state index contributed by atoms with van der Waals surface area (Å²) in [7, 11) is -4.37. The molecule has 118 valence electrons. The van der Waals surface area contributed by atoms with Gasteiger partial charge < -0.3 is 5.73 Å². The third kappa shape index (κ3) is 3.07. The second-order valence-corrected chi connectivity index (χ2v) is 7.13. The summed E-state index contributed by atoms with van der Waals surface area (Å²) in [6.07, 6.45) is 1.32. The summed E-state index contributed by atoms with van der Waals surface area (Å²) in [5, 5.41) is 0. The van der Waals surface area contributed by atoms with E-state index in [4.69, 9.17) is 5.73 Å². The van der Waals surface area contributed by atoms with Crippen LogP contribution in [0.3, 0.4) is 0 Å². The van der Waals surface area contributed by atoms with Crippen LogP contribution in [-0.2, 0) is 10.0 Å². The number of nitrogens with two attached hydrogens (primary N) is 1. The zero-order valence-corrected chi connectivity index (χ0v) is 12.3. The van der Waals surface area contributed by atoms with Gasteiger partial charge in [-0.1, -0.05) is 0 Å². The molecule has 21 heavy (non-hydrogen) atoms. The first-order chi connectivity index (χ1) is 9.77. The molecule has 0 saturated carbocycles. The summed E-state index contributed by atoms with van der Waals surface area (Å²) in [4.78, 5) is -1.10. The smallest absolute Gasteiger partial charge is 0.249 e. The minimum atomic E-state index is -4.37. The van der Waals surface area contributed by atoms with Crippen LogP contribution in [0.2, 0.25) is 0 Å². The maximum absolute atomic E-state index is 13.8. The summed E-state index contributed by atoms with van der Waals surface area (Å²) in [6, 6.07) is 0.345. The Morgan fingerprint density at radius 1 is 1.24 bits per heavy atom. The highest BCUT2D eigenvalue weighted by atomic mass is 32.2. The lowest BCUT2D eigenvalue weighted by atomic mass is 9.96. The van der Waals surface area contributed by atoms with Gasteiger partial charge in [0.05, 0.1) is 0 Å². The standard InChI is InChI=1S/C13H17F3N2O2S/c1-8-2-3-9(6-17)7-18(8)21(19,20)13-11(15)4-10(14)5-12(13)16/h4-5,8-9H,2-3,6-7,17H2,1H3. The molecule has 0 bridgehead atoms. The third-order valence-corrected chi connectivity index (χ3v) is 5.82. The Morgan fingerprint density at radius 3 is 2.33 bits per heavy atom. The van der Waals surface area contributed by atoms with Crippen molar-refractivity contribution in [2.75, 3.05) is 13.1 Å². The average Bonchev–Trinajstić information content (AvgIpc) is 2.37. The molecular formula is C13H17F3N2O2S. The van der Waals surface area contributed by atoms with Crippen LogP contribution in [0, 0.1) is 23.4 Å². The normalized spacial score (nSPS) is 24.2. The van der Waals surface area contributed by atoms with Crippen LogP contribution in [0.25, 0.3) is 0 Å². The summed E-state index contributed by atoms with van der Waals surface area (Å²) in [6.45, 7) is 2.08. The first-order valence-electron chi connectivity index (χ1n) is 6.63. The molecule has 2 N–H and O–H groups in total. The lowest BCUT2D eigenvalue weighted by molar-refractivity contribution is 0.210. The highest BCUT2D eigenvalue weighted by Gasteiger charge is 2.37. The number of halogens is 3. The summed E-state index contributed by atoms with van der Waals surface area (Å²) >= 11 is 0. The largest absolute Gasteiger partial charge is 0.330 e. The Morgan fingerprint density at radius 2 is 1.81 bits per heavy atom. The van der Waals surface area contributed by atoms with Crippen LogP contribution in [0.1, 0.15) is 19.8 Å². The van der Waals surface area contributed by atoms with Gasteiger partial charge in [-0.2, -0.15) is 4.31 Å². The molecule has 1 saturated heterocycles. The number of sulfonamides is 1. The van der Waals surface area contributed by atoms with E-state index >= 15 is 0 Å². The van der Waals surface area contributed by atoms with Crippen molar-refractivity contribution in [2.24, 2.45) is 11.7 Å². The number of hydrogen-bond acceptors (Lipinski definition) is 3. The van der Waals surface area contributed by atoms with E-state index in [9.17, 15) is 21.6 Å². The Bertz CT molecular complexity index is 613. The molecule has 1 aliphatic heterocycles. The van der Waals surface area contributed by atoms with Gasteiger partial charge in [0.25, 0.3) is 0 Å². The number of piperidine rings is 1. The van der Waals surface area contributed by atoms with E-state index in [-0.39, 0.29) is 18.5 Å². The van der Waals surface area contributed by atoms with Crippen LogP contribution in [0.15, 0.2) is 17.0 Å². The predicted octanol–water partition coefficient (Wildman–Crippen LogP) is 1.85. The fourth-order valence-corrected chi connectivity index (χ4v) is 4.40. The molecule has 2 unspecified atom stereocenters. The van der Waals surface area contributed by atoms with Gasteiger partial charge in [-0.05, 0) is 32.2 Å². The summed E-state index contributed by atoms with van der Waals surface area (Å²) < 4.78 is 66.5. The third-order valence-electron chi connectivity index (χ3n) is 3.79. The zero-order valence-electron chi connectivity index (χ0n) is 11.5. The molecule has 1 heterocycles. The number of hydrogen-bond donors (Lipinski definition) is 1. The predicted molar refractivity (Wildman–Crippen MR) is 71.4 cm³/mol. The second kappa shape index (κ2) is 5.94. The maximum Gasteiger partial charge on any atom is 0.249 e. The molecule has 0 spiro atoms. The first kappa shape index (κ1) is 16.3. The van der Waals surface area contributed by atoms with E-state index in [1.165, 1.54) is 0 Å². The van der Waals surface area contributed by atoms with E-state index in [1.807, 2.05) is 0 Å². The second-order valence-electron chi connectivity index (χ2n) is 5.30. The molecule has 8 heteroatoms. The van der Waals surface area contributed by atoms with Gasteiger partial charge in [-0.15, -0.1) is 0 Å². The fourth-order valence-electron chi connectivity index (χ4n) is 2.57. The quantitative estimate of drug-likeness (QED) is 0.924. The van der Waals surface area contributed by atoms with Crippen molar-refractivity contribution >= 4 is 10.0 Å². The molecule has 0 aliphatic carbocycles. The van der Waals surface area contributed by atoms with Crippen molar-refractivity contribution in [1.29, 1.82) is 0 Å². The van der Waals surface area contributed by atoms with Gasteiger partial charge in [-0.3, -0.25) is 0 Å². The topological polar surface area (TPSA) is 63.4 Å². The van der Waals surface area contributed by atoms with E-state index in [1.54, 1.807) is 6.92 Å². The van der Waals surface area contributed by atoms with Gasteiger partial charge in [-0.25, -0.2) is 21.6 Å². The molecule has 1 aliphatic rings. The minimum Gasteiger partial charge on any atom is -0.330 e. The van der Waals surface area contributed by atoms with Crippen LogP contribution < -0.4 is 5.73 Å². The molecule has 0 radical (unpaired) electrons. The SMILES string of the molecule is CC1CCC(CN)CN1S(=O)(=O)c1c(F)cc(F)cc1F. The number of nitrogens with zero attached hydrogens (tertiary/aromatic N) is 1. The first-order valence-corrected chi connectivity index (χ1v) is 8.07. The highest BCUT2D eigenvalue weighted by molar-refractivity contribution is 7.89. The highest BCUT2D eigenvalue weighted by Crippen LogP contribution is 2.30. The van der Waals surface area contributed by atoms with Crippen molar-refractivity contribution in [2.45, 2.75) is 30.7 Å². The minimum absolute atomic E-state index is 0.0532. The molecule has 1 fully saturated rings. The lowest BCUT2D eigenvalue weighted by Gasteiger charge is -2.36. The van der Waals surface area contributed by atoms with Gasteiger partial charge in [0.1, 0.15) is 17.5 Å². The van der Waals surface area contributed by atoms with Crippen LogP contribution in [0.5, 0.6) is 0 Å². The molecule has 2 atom stereocenters. The van der Waals surface area contributed by atoms with Crippen LogP contribution >= 0.6 is 0 Å². The Labute approximate surface area is 121 Å². The lowest BCUT2D eigenvalue weighted by Crippen LogP contribution is -2.47. The fraction of sp³-hybridized carbons (Fsp3) is 0.538. The van der Waals surface area contributed by atoms with Gasteiger partial charge >= 0.3 is 0 Å². The van der Waals surface area contributed by atoms with Gasteiger partial charge in [0.15, 0.2) is 4.90 Å². The molecule has 0 aromatic heterocycles. The molecule has 1 aromatic rings. The van der Waals surface area contributed by atoms with Gasteiger partial charge in [0, 0.05) is 24.7 Å². The van der Waals surface area contributed by atoms with Crippen molar-refractivity contribution < 1.29 is 21.6 Å². The number of benzene rings is 1. The van der Waals surface area contributed by atoms with Crippen LogP contribution in [0.4, 0.5) is 13.2 Å². The Balaban J connectivity index is 2.46. The van der Waals surface area contributed by atoms with Crippen molar-refractivity contribution in [3.8, 4) is 0 Å². The van der Waals surface area contributed by atoms with Crippen molar-refractivity contribution in [3.05, 3.63) is 29.6 Å². The monoisotopic (exact) mass is 322 g/mol. The van der Waals surface area contributed by atoms with Crippen LogP contribution in [-0.4, -0.2) is 31.9 Å². The summed E-state index contributed by atoms with van der Waals surface area (Å²) in [5.74, 6) is -4.05. The maximum atomic E-state index is 13.8. The summed E-state index contributed by atoms with van der Waals surface area (Å²) in [5.41, 5.74) is 5.55. The molecule has 1 aromatic carbocycles. The van der Waals surface area contributed by atoms with E-state index in [2.05, 4.69) is 0 Å². The average molecular weight is 322 g/mol. The molecular weight excluding hydrogens is 305 g/mol. The van der Waals surface area contributed by atoms with E-state index in [0.29, 0.717) is 25.1 Å². The van der Waals surface area contributed by atoms with Crippen molar-refractivity contribution in [3.63, 3.8) is 0 Å². The van der Waals surface area contributed by atoms with Gasteiger partial charge in [0.2, 0.25) is 10.0 Å². The Hall–Kier alpha value is -1.12. The zero-order chi connectivity index (χ0) is 15.8. The Kier molecular flexibility index (Phi) is 4.60. The van der Waals surface area contributed by atoms with Crippen molar-refractivity contribution in [1.82, 2.24) is 4.31 Å². The molecule has 4 nitrogen and oxygen atoms in total. The van der Waals surface area contributed by atoms with E-state index in [0.717, 1.165) is 10.7 Å². The molecule has 2 rings (SSSR count). The number of rotatable bonds is 3.